The van der Waals surface area contributed by atoms with E-state index < -0.39 is 53.4 Å². The number of hydrogen-bond donors (Lipinski definition) is 16. The molecule has 0 spiro atoms. The summed E-state index contributed by atoms with van der Waals surface area (Å²) >= 11 is 6.14. The highest BCUT2D eigenvalue weighted by molar-refractivity contribution is 6.30. The molecular formula is C77H111ClN22O17. The topological polar surface area (TPSA) is 529 Å². The van der Waals surface area contributed by atoms with Crippen molar-refractivity contribution in [3.05, 3.63) is 125 Å². The minimum Gasteiger partial charge on any atom is -0.378 e. The van der Waals surface area contributed by atoms with Crippen LogP contribution in [0.5, 0.6) is 0 Å². The van der Waals surface area contributed by atoms with Gasteiger partial charge in [-0.05, 0) is 110 Å². The number of carbonyl (C=O) groups excluding carboxylic acids is 9. The van der Waals surface area contributed by atoms with E-state index in [1.165, 1.54) is 45.4 Å². The molecule has 0 saturated heterocycles. The van der Waals surface area contributed by atoms with Crippen LogP contribution in [-0.2, 0) is 83.0 Å². The second kappa shape index (κ2) is 50.4. The summed E-state index contributed by atoms with van der Waals surface area (Å²) in [5.74, 6) is -4.42. The van der Waals surface area contributed by atoms with Crippen LogP contribution in [0.1, 0.15) is 112 Å². The van der Waals surface area contributed by atoms with Gasteiger partial charge >= 0.3 is 0 Å². The maximum Gasteiger partial charge on any atom is 0.291 e. The summed E-state index contributed by atoms with van der Waals surface area (Å²) in [5, 5.41) is 45.6. The minimum absolute atomic E-state index is 0.00758. The van der Waals surface area contributed by atoms with E-state index in [4.69, 9.17) is 77.5 Å². The number of aromatic nitrogens is 5. The average Bonchev–Trinajstić information content (AvgIpc) is 1.76. The number of rotatable bonds is 54. The average molecular weight is 1650 g/mol. The van der Waals surface area contributed by atoms with Crippen LogP contribution < -0.4 is 80.6 Å². The van der Waals surface area contributed by atoms with Gasteiger partial charge in [-0.1, -0.05) is 29.8 Å². The number of hydrogen-bond acceptors (Lipinski definition) is 23. The van der Waals surface area contributed by atoms with Crippen LogP contribution in [0, 0.1) is 10.8 Å². The molecule has 1 aliphatic rings. The molecule has 19 N–H and O–H groups in total. The van der Waals surface area contributed by atoms with Gasteiger partial charge < -0.3 is 132 Å². The predicted molar refractivity (Wildman–Crippen MR) is 438 cm³/mol. The van der Waals surface area contributed by atoms with Crippen LogP contribution in [0.2, 0.25) is 5.02 Å². The summed E-state index contributed by atoms with van der Waals surface area (Å²) in [6.07, 6.45) is 5.98. The molecule has 39 nitrogen and oxygen atoms in total. The summed E-state index contributed by atoms with van der Waals surface area (Å²) in [4.78, 5) is 127. The van der Waals surface area contributed by atoms with Crippen molar-refractivity contribution in [3.63, 3.8) is 0 Å². The van der Waals surface area contributed by atoms with Crippen LogP contribution in [-0.4, -0.2) is 252 Å². The Bertz CT molecular complexity index is 4220. The number of amides is 9. The second-order valence-corrected chi connectivity index (χ2v) is 27.5. The Morgan fingerprint density at radius 3 is 1.49 bits per heavy atom. The van der Waals surface area contributed by atoms with Gasteiger partial charge in [-0.2, -0.15) is 0 Å². The van der Waals surface area contributed by atoms with E-state index in [1.807, 2.05) is 53.4 Å². The number of anilines is 5. The lowest BCUT2D eigenvalue weighted by molar-refractivity contribution is -0.130. The highest BCUT2D eigenvalue weighted by atomic mass is 35.5. The molecule has 0 radical (unpaired) electrons. The molecule has 3 aromatic heterocycles. The zero-order chi connectivity index (χ0) is 84.4. The maximum absolute atomic E-state index is 13.3. The molecule has 3 aromatic carbocycles. The SMILES string of the molecule is CC(=O)N1c2ccc(-c3ccc(C(=O)NCCOCCOCCOCCOCCOCCOCCOCCOCCNC(=O)c4nc(NC(=O)CCNC(=O)c5cc(NC(=O)c6nc(NC(=O)CCNC(=O)[C@H](CCCNC(=N)N)NC(=O)[C@@H](N)CCCNC(=N)N)cn6C)cn5C)cn4C)cc3)cc2[C@H](Nc2ccc(Cl)cc2)C[C@@H]1C. The summed E-state index contributed by atoms with van der Waals surface area (Å²) < 4.78 is 48.9. The number of nitrogens with two attached hydrogens (primary N) is 3. The molecular weight excluding hydrogens is 1540 g/mol. The number of fused-ring (bicyclic) bond motifs is 1. The lowest BCUT2D eigenvalue weighted by atomic mass is 9.88. The number of benzene rings is 3. The predicted octanol–water partition coefficient (Wildman–Crippen LogP) is 2.20. The molecule has 40 heteroatoms. The van der Waals surface area contributed by atoms with Gasteiger partial charge in [0.25, 0.3) is 23.6 Å². The number of imidazole rings is 2. The molecule has 0 saturated carbocycles. The number of halogens is 1. The standard InChI is InChI=1S/C77H111ClN22O17/c1-50-44-61(90-56-17-15-55(78)16-18-56)58-45-54(14-19-62(58)100(50)51(2)101)52-10-12-53(13-11-52)70(104)86-26-28-110-30-32-112-34-36-114-38-40-116-42-43-117-41-39-115-37-35-113-33-31-111-29-27-87-74(108)68-95-64(48-98(68)4)93-67(103)21-25-85-73(107)63-46-57(47-97(63)3)91-75(109)69-96-65(49-99(69)5)94-66(102)20-24-84-72(106)60(9-7-23-89-77(82)83)92-71(105)59(79)8-6-22-88-76(80)81/h10-19,45-50,59-61,90H,6-9,20-44,79H2,1-5H3,(H,84,106)(H,85,107)(H,86,104)(H,87,108)(H,91,109)(H,92,105)(H,93,103)(H,94,102)(H4,80,81,88)(H4,82,83,89)/t50-,59-,60-,61+/m0/s1. The number of guanidine groups is 2. The Morgan fingerprint density at radius 1 is 0.504 bits per heavy atom. The van der Waals surface area contributed by atoms with Crippen LogP contribution in [0.15, 0.2) is 91.4 Å². The van der Waals surface area contributed by atoms with E-state index in [0.29, 0.717) is 136 Å². The van der Waals surface area contributed by atoms with Gasteiger partial charge in [-0.15, -0.1) is 0 Å². The molecule has 0 aliphatic carbocycles. The summed E-state index contributed by atoms with van der Waals surface area (Å²) in [5.41, 5.74) is 22.4. The van der Waals surface area contributed by atoms with Gasteiger partial charge in [0.1, 0.15) is 11.7 Å². The first kappa shape index (κ1) is 93.0. The first-order valence-electron chi connectivity index (χ1n) is 38.5. The minimum atomic E-state index is -1.02. The van der Waals surface area contributed by atoms with E-state index in [-0.39, 0.29) is 129 Å². The number of aryl methyl sites for hydroxylation is 3. The summed E-state index contributed by atoms with van der Waals surface area (Å²) in [6.45, 7) is 10.4. The van der Waals surface area contributed by atoms with Gasteiger partial charge in [0.2, 0.25) is 41.2 Å². The van der Waals surface area contributed by atoms with E-state index in [9.17, 15) is 43.2 Å². The fraction of sp³-hybridized carbons (Fsp3) is 0.494. The second-order valence-electron chi connectivity index (χ2n) is 27.0. The zero-order valence-corrected chi connectivity index (χ0v) is 67.5. The fourth-order valence-corrected chi connectivity index (χ4v) is 12.1. The lowest BCUT2D eigenvalue weighted by Crippen LogP contribution is -2.52. The van der Waals surface area contributed by atoms with Gasteiger partial charge in [0.15, 0.2) is 23.6 Å². The van der Waals surface area contributed by atoms with Crippen molar-refractivity contribution in [1.29, 1.82) is 10.8 Å². The fourth-order valence-electron chi connectivity index (χ4n) is 12.0. The Kier molecular flexibility index (Phi) is 40.0. The molecule has 7 rings (SSSR count). The van der Waals surface area contributed by atoms with Crippen LogP contribution >= 0.6 is 11.6 Å². The Morgan fingerprint density at radius 2 is 0.974 bits per heavy atom. The van der Waals surface area contributed by atoms with E-state index in [2.05, 4.69) is 81.4 Å². The van der Waals surface area contributed by atoms with Crippen LogP contribution in [0.4, 0.5) is 28.7 Å². The van der Waals surface area contributed by atoms with Gasteiger partial charge in [0, 0.05) is 127 Å². The number of nitrogens with one attached hydrogen (secondary N) is 13. The molecule has 0 unspecified atom stereocenters. The first-order valence-corrected chi connectivity index (χ1v) is 38.9. The molecule has 4 heterocycles. The van der Waals surface area contributed by atoms with Crippen molar-refractivity contribution in [3.8, 4) is 11.1 Å². The third kappa shape index (κ3) is 33.2. The largest absolute Gasteiger partial charge is 0.378 e. The summed E-state index contributed by atoms with van der Waals surface area (Å²) in [7, 11) is 4.73. The van der Waals surface area contributed by atoms with Crippen molar-refractivity contribution in [2.24, 2.45) is 38.3 Å². The van der Waals surface area contributed by atoms with Crippen molar-refractivity contribution in [1.82, 2.24) is 60.9 Å². The quantitative estimate of drug-likeness (QED) is 0.0148. The van der Waals surface area contributed by atoms with Gasteiger partial charge in [-0.25, -0.2) is 9.97 Å². The molecule has 638 valence electrons. The van der Waals surface area contributed by atoms with E-state index in [0.717, 1.165) is 34.5 Å². The van der Waals surface area contributed by atoms with Crippen molar-refractivity contribution in [2.45, 2.75) is 83.0 Å². The summed E-state index contributed by atoms with van der Waals surface area (Å²) in [6, 6.07) is 20.6. The number of nitrogens with zero attached hydrogens (tertiary/aromatic N) is 6. The van der Waals surface area contributed by atoms with Crippen molar-refractivity contribution >= 4 is 105 Å². The molecule has 6 aromatic rings. The molecule has 0 bridgehead atoms. The van der Waals surface area contributed by atoms with Gasteiger partial charge in [-0.3, -0.25) is 54.0 Å². The molecule has 9 amide bonds. The molecule has 0 fully saturated rings. The maximum atomic E-state index is 13.3. The highest BCUT2D eigenvalue weighted by Crippen LogP contribution is 2.41. The van der Waals surface area contributed by atoms with Crippen molar-refractivity contribution in [2.75, 3.05) is 171 Å². The van der Waals surface area contributed by atoms with E-state index >= 15 is 0 Å². The Hall–Kier alpha value is -11.1. The Balaban J connectivity index is 0.630. The highest BCUT2D eigenvalue weighted by Gasteiger charge is 2.33. The monoisotopic (exact) mass is 1650 g/mol. The number of carbonyl (C=O) groups is 9. The third-order valence-electron chi connectivity index (χ3n) is 17.8. The van der Waals surface area contributed by atoms with Crippen molar-refractivity contribution < 1.29 is 81.0 Å². The first-order chi connectivity index (χ1) is 56.3. The third-order valence-corrected chi connectivity index (χ3v) is 18.0. The smallest absolute Gasteiger partial charge is 0.291 e. The molecule has 117 heavy (non-hydrogen) atoms. The lowest BCUT2D eigenvalue weighted by Gasteiger charge is -2.39. The zero-order valence-electron chi connectivity index (χ0n) is 66.7. The van der Waals surface area contributed by atoms with Gasteiger partial charge in [0.05, 0.1) is 123 Å². The molecule has 1 aliphatic heterocycles. The number of ether oxygens (including phenoxy) is 8. The molecule has 4 atom stereocenters. The normalized spacial score (nSPS) is 13.4. The Labute approximate surface area is 683 Å². The van der Waals surface area contributed by atoms with E-state index in [1.54, 1.807) is 33.2 Å². The van der Waals surface area contributed by atoms with Crippen LogP contribution in [0.3, 0.4) is 0 Å². The van der Waals surface area contributed by atoms with Crippen LogP contribution in [0.25, 0.3) is 11.1 Å².